The summed E-state index contributed by atoms with van der Waals surface area (Å²) in [7, 11) is 0. The second kappa shape index (κ2) is 7.11. The lowest BCUT2D eigenvalue weighted by atomic mass is 9.92. The third-order valence-corrected chi connectivity index (χ3v) is 4.37. The Morgan fingerprint density at radius 1 is 1.23 bits per heavy atom. The number of ether oxygens (including phenoxy) is 2. The minimum Gasteiger partial charge on any atom is -0.466 e. The molecule has 2 aromatic rings. The van der Waals surface area contributed by atoms with Crippen molar-refractivity contribution in [3.63, 3.8) is 0 Å². The Balaban J connectivity index is 1.94. The van der Waals surface area contributed by atoms with Crippen molar-refractivity contribution in [3.05, 3.63) is 35.5 Å². The van der Waals surface area contributed by atoms with Crippen LogP contribution < -0.4 is 5.32 Å². The van der Waals surface area contributed by atoms with E-state index in [-0.39, 0.29) is 24.4 Å². The summed E-state index contributed by atoms with van der Waals surface area (Å²) < 4.78 is 10.7. The highest BCUT2D eigenvalue weighted by Gasteiger charge is 2.36. The Bertz CT molecular complexity index is 819. The van der Waals surface area contributed by atoms with Crippen molar-refractivity contribution in [1.82, 2.24) is 10.3 Å². The summed E-state index contributed by atoms with van der Waals surface area (Å²) in [5, 5.41) is 4.35. The van der Waals surface area contributed by atoms with Gasteiger partial charge in [0.15, 0.2) is 0 Å². The van der Waals surface area contributed by atoms with Gasteiger partial charge in [-0.1, -0.05) is 18.2 Å². The average molecular weight is 358 g/mol. The van der Waals surface area contributed by atoms with Crippen molar-refractivity contribution in [2.45, 2.75) is 58.2 Å². The van der Waals surface area contributed by atoms with Crippen molar-refractivity contribution >= 4 is 22.8 Å². The number of benzene rings is 1. The van der Waals surface area contributed by atoms with E-state index in [1.165, 1.54) is 0 Å². The fraction of sp³-hybridized carbons (Fsp3) is 0.500. The van der Waals surface area contributed by atoms with E-state index >= 15 is 0 Å². The molecule has 2 atom stereocenters. The van der Waals surface area contributed by atoms with Gasteiger partial charge < -0.3 is 14.5 Å². The van der Waals surface area contributed by atoms with Gasteiger partial charge in [-0.05, 0) is 39.3 Å². The summed E-state index contributed by atoms with van der Waals surface area (Å²) in [6.45, 7) is 7.66. The first kappa shape index (κ1) is 18.5. The summed E-state index contributed by atoms with van der Waals surface area (Å²) in [5.74, 6) is -0.596. The highest BCUT2D eigenvalue weighted by Crippen LogP contribution is 2.34. The second-order valence-corrected chi connectivity index (χ2v) is 7.58. The van der Waals surface area contributed by atoms with Crippen molar-refractivity contribution in [3.8, 4) is 0 Å². The van der Waals surface area contributed by atoms with Gasteiger partial charge in [0, 0.05) is 23.0 Å². The Kier molecular flexibility index (Phi) is 5.05. The molecule has 6 heteroatoms. The Hall–Kier alpha value is -2.34. The lowest BCUT2D eigenvalue weighted by molar-refractivity contribution is -0.158. The zero-order valence-electron chi connectivity index (χ0n) is 15.7. The lowest BCUT2D eigenvalue weighted by Crippen LogP contribution is -2.47. The summed E-state index contributed by atoms with van der Waals surface area (Å²) in [6.07, 6.45) is 0.681. The summed E-state index contributed by atoms with van der Waals surface area (Å²) in [6, 6.07) is 7.15. The molecular weight excluding hydrogens is 332 g/mol. The van der Waals surface area contributed by atoms with Crippen LogP contribution in [-0.4, -0.2) is 35.2 Å². The fourth-order valence-electron chi connectivity index (χ4n) is 3.40. The number of hydrogen-bond acceptors (Lipinski definition) is 5. The first-order chi connectivity index (χ1) is 12.3. The minimum atomic E-state index is -0.560. The van der Waals surface area contributed by atoms with Crippen LogP contribution in [0.3, 0.4) is 0 Å². The van der Waals surface area contributed by atoms with Crippen molar-refractivity contribution in [2.24, 2.45) is 0 Å². The topological polar surface area (TPSA) is 80.4 Å². The fourth-order valence-corrected chi connectivity index (χ4v) is 3.40. The van der Waals surface area contributed by atoms with Crippen LogP contribution in [0.2, 0.25) is 0 Å². The third kappa shape index (κ3) is 3.90. The number of carbonyl (C=O) groups excluding carboxylic acids is 2. The molecule has 26 heavy (non-hydrogen) atoms. The monoisotopic (exact) mass is 358 g/mol. The lowest BCUT2D eigenvalue weighted by Gasteiger charge is -2.31. The zero-order valence-corrected chi connectivity index (χ0v) is 15.7. The smallest absolute Gasteiger partial charge is 0.324 e. The Morgan fingerprint density at radius 3 is 2.65 bits per heavy atom. The van der Waals surface area contributed by atoms with Gasteiger partial charge >= 0.3 is 11.9 Å². The van der Waals surface area contributed by atoms with Crippen LogP contribution in [0.1, 0.15) is 51.4 Å². The molecule has 2 heterocycles. The maximum absolute atomic E-state index is 12.6. The largest absolute Gasteiger partial charge is 0.466 e. The van der Waals surface area contributed by atoms with E-state index in [4.69, 9.17) is 9.47 Å². The van der Waals surface area contributed by atoms with E-state index in [0.29, 0.717) is 13.0 Å². The minimum absolute atomic E-state index is 0.160. The number of aromatic nitrogens is 1. The average Bonchev–Trinajstić information content (AvgIpc) is 2.92. The van der Waals surface area contributed by atoms with Crippen molar-refractivity contribution in [2.75, 3.05) is 6.61 Å². The molecule has 3 rings (SSSR count). The van der Waals surface area contributed by atoms with E-state index in [1.54, 1.807) is 6.92 Å². The second-order valence-electron chi connectivity index (χ2n) is 7.58. The van der Waals surface area contributed by atoms with Crippen LogP contribution in [0.15, 0.2) is 24.3 Å². The van der Waals surface area contributed by atoms with Gasteiger partial charge in [-0.15, -0.1) is 0 Å². The SMILES string of the molecule is CCOC(=O)C[C@@H]1N[C@H](C(=O)OC(C)(C)C)Cc2c1[nH]c1ccccc21. The first-order valence-corrected chi connectivity index (χ1v) is 9.02. The van der Waals surface area contributed by atoms with Crippen molar-refractivity contribution < 1.29 is 19.1 Å². The number of rotatable bonds is 4. The maximum Gasteiger partial charge on any atom is 0.324 e. The van der Waals surface area contributed by atoms with E-state index in [0.717, 1.165) is 22.2 Å². The highest BCUT2D eigenvalue weighted by atomic mass is 16.6. The normalized spacial score (nSPS) is 19.8. The molecule has 0 unspecified atom stereocenters. The molecule has 0 radical (unpaired) electrons. The molecule has 0 saturated carbocycles. The molecule has 1 aliphatic heterocycles. The van der Waals surface area contributed by atoms with Gasteiger partial charge in [-0.3, -0.25) is 14.9 Å². The molecule has 0 amide bonds. The summed E-state index contributed by atoms with van der Waals surface area (Å²) in [4.78, 5) is 28.1. The molecular formula is C20H26N2O4. The number of esters is 2. The van der Waals surface area contributed by atoms with Gasteiger partial charge in [0.05, 0.1) is 19.1 Å². The van der Waals surface area contributed by atoms with Gasteiger partial charge in [-0.2, -0.15) is 0 Å². The maximum atomic E-state index is 12.6. The molecule has 2 N–H and O–H groups in total. The highest BCUT2D eigenvalue weighted by molar-refractivity contribution is 5.87. The quantitative estimate of drug-likeness (QED) is 0.821. The molecule has 1 aromatic carbocycles. The van der Waals surface area contributed by atoms with E-state index < -0.39 is 11.6 Å². The van der Waals surface area contributed by atoms with Crippen LogP contribution in [0.4, 0.5) is 0 Å². The molecule has 140 valence electrons. The van der Waals surface area contributed by atoms with E-state index in [1.807, 2.05) is 45.0 Å². The third-order valence-electron chi connectivity index (χ3n) is 4.37. The predicted molar refractivity (Wildman–Crippen MR) is 98.8 cm³/mol. The zero-order chi connectivity index (χ0) is 18.9. The molecule has 1 aliphatic rings. The Morgan fingerprint density at radius 2 is 1.96 bits per heavy atom. The number of H-pyrrole nitrogens is 1. The van der Waals surface area contributed by atoms with Gasteiger partial charge in [0.25, 0.3) is 0 Å². The number of hydrogen-bond donors (Lipinski definition) is 2. The summed E-state index contributed by atoms with van der Waals surface area (Å²) >= 11 is 0. The van der Waals surface area contributed by atoms with Gasteiger partial charge in [0.1, 0.15) is 11.6 Å². The number of para-hydroxylation sites is 1. The standard InChI is InChI=1S/C20H26N2O4/c1-5-25-17(23)11-15-18-13(12-8-6-7-9-14(12)22-18)10-16(21-15)19(24)26-20(2,3)4/h6-9,15-16,21-22H,5,10-11H2,1-4H3/t15-,16-/m0/s1. The van der Waals surface area contributed by atoms with Crippen LogP contribution in [0, 0.1) is 0 Å². The number of fused-ring (bicyclic) bond motifs is 3. The van der Waals surface area contributed by atoms with E-state index in [9.17, 15) is 9.59 Å². The number of nitrogens with one attached hydrogen (secondary N) is 2. The van der Waals surface area contributed by atoms with Crippen LogP contribution in [0.5, 0.6) is 0 Å². The molecule has 6 nitrogen and oxygen atoms in total. The molecule has 0 bridgehead atoms. The summed E-state index contributed by atoms with van der Waals surface area (Å²) in [5.41, 5.74) is 2.44. The Labute approximate surface area is 153 Å². The predicted octanol–water partition coefficient (Wildman–Crippen LogP) is 3.02. The number of aromatic amines is 1. The first-order valence-electron chi connectivity index (χ1n) is 9.02. The molecule has 0 aliphatic carbocycles. The van der Waals surface area contributed by atoms with Crippen molar-refractivity contribution in [1.29, 1.82) is 0 Å². The molecule has 1 aromatic heterocycles. The molecule has 0 spiro atoms. The van der Waals surface area contributed by atoms with Crippen LogP contribution >= 0.6 is 0 Å². The van der Waals surface area contributed by atoms with Crippen LogP contribution in [-0.2, 0) is 25.5 Å². The number of carbonyl (C=O) groups is 2. The molecule has 0 saturated heterocycles. The van der Waals surface area contributed by atoms with Gasteiger partial charge in [-0.25, -0.2) is 0 Å². The van der Waals surface area contributed by atoms with E-state index in [2.05, 4.69) is 10.3 Å². The van der Waals surface area contributed by atoms with Gasteiger partial charge in [0.2, 0.25) is 0 Å². The molecule has 0 fully saturated rings. The van der Waals surface area contributed by atoms with Crippen LogP contribution in [0.25, 0.3) is 10.9 Å².